The van der Waals surface area contributed by atoms with Gasteiger partial charge in [0.05, 0.1) is 7.11 Å². The van der Waals surface area contributed by atoms with Gasteiger partial charge in [-0.15, -0.1) is 0 Å². The molecule has 0 aliphatic carbocycles. The van der Waals surface area contributed by atoms with Crippen molar-refractivity contribution < 1.29 is 28.9 Å². The number of hydrogen-bond acceptors (Lipinski definition) is 5. The fourth-order valence-electron chi connectivity index (χ4n) is 3.28. The van der Waals surface area contributed by atoms with Gasteiger partial charge in [0, 0.05) is 5.56 Å². The Bertz CT molecular complexity index is 859. The van der Waals surface area contributed by atoms with Crippen molar-refractivity contribution in [3.63, 3.8) is 0 Å². The molecule has 1 heterocycles. The first-order chi connectivity index (χ1) is 13.7. The molecule has 0 spiro atoms. The van der Waals surface area contributed by atoms with E-state index in [0.29, 0.717) is 16.9 Å². The summed E-state index contributed by atoms with van der Waals surface area (Å²) in [6, 6.07) is 15.1. The molecular formula is C22H25NO6. The number of aliphatic carboxylic acids is 1. The molecule has 0 radical (unpaired) electrons. The Balaban J connectivity index is 2.07. The predicted octanol–water partition coefficient (Wildman–Crippen LogP) is 4.16. The van der Waals surface area contributed by atoms with Gasteiger partial charge in [-0.2, -0.15) is 0 Å². The van der Waals surface area contributed by atoms with E-state index < -0.39 is 36.0 Å². The largest absolute Gasteiger partial charge is 0.497 e. The third-order valence-corrected chi connectivity index (χ3v) is 4.50. The van der Waals surface area contributed by atoms with Crippen molar-refractivity contribution in [1.82, 2.24) is 4.90 Å². The van der Waals surface area contributed by atoms with Crippen LogP contribution in [-0.4, -0.2) is 40.9 Å². The molecule has 0 saturated carbocycles. The second-order valence-corrected chi connectivity index (χ2v) is 7.76. The number of hydrogen-bond donors (Lipinski definition) is 1. The maximum Gasteiger partial charge on any atom is 0.413 e. The van der Waals surface area contributed by atoms with Crippen molar-refractivity contribution in [2.45, 2.75) is 44.7 Å². The van der Waals surface area contributed by atoms with Crippen LogP contribution in [0, 0.1) is 0 Å². The summed E-state index contributed by atoms with van der Waals surface area (Å²) in [7, 11) is 1.56. The molecule has 0 unspecified atom stereocenters. The number of carbonyl (C=O) groups excluding carboxylic acids is 1. The first kappa shape index (κ1) is 20.7. The van der Waals surface area contributed by atoms with Crippen LogP contribution in [0.1, 0.15) is 44.2 Å². The number of ether oxygens (including phenoxy) is 3. The molecule has 1 saturated heterocycles. The minimum Gasteiger partial charge on any atom is -0.497 e. The van der Waals surface area contributed by atoms with E-state index in [1.54, 1.807) is 76.4 Å². The molecule has 0 aromatic heterocycles. The van der Waals surface area contributed by atoms with Crippen LogP contribution in [0.4, 0.5) is 4.79 Å². The monoisotopic (exact) mass is 399 g/mol. The van der Waals surface area contributed by atoms with Gasteiger partial charge in [0.15, 0.2) is 12.3 Å². The topological polar surface area (TPSA) is 85.3 Å². The highest BCUT2D eigenvalue weighted by Crippen LogP contribution is 2.44. The number of benzene rings is 2. The summed E-state index contributed by atoms with van der Waals surface area (Å²) >= 11 is 0. The molecule has 3 atom stereocenters. The van der Waals surface area contributed by atoms with Gasteiger partial charge >= 0.3 is 12.1 Å². The highest BCUT2D eigenvalue weighted by atomic mass is 16.6. The standard InChI is InChI=1S/C22H25NO6/c1-22(2,3)29-21(26)23-17(14-8-6-5-7-9-14)18(20(24)25)28-19(23)15-10-12-16(27-4)13-11-15/h5-13,17-19H,1-4H3,(H,24,25)/t17-,18-,19+/m1/s1. The maximum absolute atomic E-state index is 13.1. The summed E-state index contributed by atoms with van der Waals surface area (Å²) < 4.78 is 16.7. The number of carbonyl (C=O) groups is 2. The van der Waals surface area contributed by atoms with Crippen molar-refractivity contribution in [2.24, 2.45) is 0 Å². The lowest BCUT2D eigenvalue weighted by atomic mass is 10.0. The normalized spacial score (nSPS) is 21.7. The number of nitrogens with zero attached hydrogens (tertiary/aromatic N) is 1. The Morgan fingerprint density at radius 3 is 2.14 bits per heavy atom. The van der Waals surface area contributed by atoms with E-state index in [1.807, 2.05) is 6.07 Å². The van der Waals surface area contributed by atoms with Crippen LogP contribution >= 0.6 is 0 Å². The van der Waals surface area contributed by atoms with E-state index >= 15 is 0 Å². The summed E-state index contributed by atoms with van der Waals surface area (Å²) in [5.41, 5.74) is 0.535. The van der Waals surface area contributed by atoms with Crippen LogP contribution < -0.4 is 4.74 Å². The number of carboxylic acids is 1. The zero-order valence-corrected chi connectivity index (χ0v) is 16.9. The van der Waals surface area contributed by atoms with Gasteiger partial charge in [0.1, 0.15) is 17.4 Å². The third-order valence-electron chi connectivity index (χ3n) is 4.50. The Labute approximate surface area is 169 Å². The van der Waals surface area contributed by atoms with Gasteiger partial charge in [-0.1, -0.05) is 42.5 Å². The molecule has 1 aliphatic rings. The molecule has 3 rings (SSSR count). The maximum atomic E-state index is 13.1. The molecule has 7 nitrogen and oxygen atoms in total. The summed E-state index contributed by atoms with van der Waals surface area (Å²) in [5.74, 6) is -0.506. The molecule has 1 fully saturated rings. The van der Waals surface area contributed by atoms with Crippen LogP contribution in [0.3, 0.4) is 0 Å². The predicted molar refractivity (Wildman–Crippen MR) is 105 cm³/mol. The summed E-state index contributed by atoms with van der Waals surface area (Å²) in [4.78, 5) is 26.5. The Hall–Kier alpha value is -3.06. The van der Waals surface area contributed by atoms with Crippen LogP contribution in [0.2, 0.25) is 0 Å². The number of methoxy groups -OCH3 is 1. The quantitative estimate of drug-likeness (QED) is 0.831. The SMILES string of the molecule is COc1ccc([C@@H]2O[C@@H](C(=O)O)[C@@H](c3ccccc3)N2C(=O)OC(C)(C)C)cc1. The molecule has 1 N–H and O–H groups in total. The molecular weight excluding hydrogens is 374 g/mol. The highest BCUT2D eigenvalue weighted by Gasteiger charge is 2.51. The van der Waals surface area contributed by atoms with E-state index in [1.165, 1.54) is 4.90 Å². The second kappa shape index (κ2) is 8.13. The van der Waals surface area contributed by atoms with Crippen molar-refractivity contribution >= 4 is 12.1 Å². The van der Waals surface area contributed by atoms with Crippen molar-refractivity contribution in [2.75, 3.05) is 7.11 Å². The molecule has 0 bridgehead atoms. The Morgan fingerprint density at radius 2 is 1.62 bits per heavy atom. The first-order valence-electron chi connectivity index (χ1n) is 9.30. The lowest BCUT2D eigenvalue weighted by molar-refractivity contribution is -0.150. The minimum absolute atomic E-state index is 0.626. The average Bonchev–Trinajstić information content (AvgIpc) is 3.08. The minimum atomic E-state index is -1.24. The van der Waals surface area contributed by atoms with Gasteiger partial charge in [-0.25, -0.2) is 9.59 Å². The van der Waals surface area contributed by atoms with Crippen LogP contribution in [-0.2, 0) is 14.3 Å². The van der Waals surface area contributed by atoms with E-state index in [4.69, 9.17) is 14.2 Å². The lowest BCUT2D eigenvalue weighted by Crippen LogP contribution is -2.40. The van der Waals surface area contributed by atoms with E-state index in [-0.39, 0.29) is 0 Å². The van der Waals surface area contributed by atoms with Crippen LogP contribution in [0.25, 0.3) is 0 Å². The summed E-state index contributed by atoms with van der Waals surface area (Å²) in [5, 5.41) is 9.80. The molecule has 1 aliphatic heterocycles. The molecule has 1 amide bonds. The van der Waals surface area contributed by atoms with Crippen LogP contribution in [0.15, 0.2) is 54.6 Å². The number of rotatable bonds is 4. The zero-order valence-electron chi connectivity index (χ0n) is 16.9. The van der Waals surface area contributed by atoms with Crippen LogP contribution in [0.5, 0.6) is 5.75 Å². The molecule has 2 aromatic carbocycles. The fraction of sp³-hybridized carbons (Fsp3) is 0.364. The molecule has 2 aromatic rings. The van der Waals surface area contributed by atoms with E-state index in [9.17, 15) is 14.7 Å². The van der Waals surface area contributed by atoms with E-state index in [0.717, 1.165) is 0 Å². The first-order valence-corrected chi connectivity index (χ1v) is 9.30. The third kappa shape index (κ3) is 4.51. The molecule has 7 heteroatoms. The fourth-order valence-corrected chi connectivity index (χ4v) is 3.28. The average molecular weight is 399 g/mol. The number of carboxylic acid groups (broad SMARTS) is 1. The van der Waals surface area contributed by atoms with Crippen molar-refractivity contribution in [3.05, 3.63) is 65.7 Å². The molecule has 154 valence electrons. The van der Waals surface area contributed by atoms with Crippen molar-refractivity contribution in [1.29, 1.82) is 0 Å². The zero-order chi connectivity index (χ0) is 21.2. The van der Waals surface area contributed by atoms with Gasteiger partial charge in [-0.05, 0) is 38.5 Å². The highest BCUT2D eigenvalue weighted by molar-refractivity contribution is 5.77. The second-order valence-electron chi connectivity index (χ2n) is 7.76. The number of amides is 1. The van der Waals surface area contributed by atoms with Gasteiger partial charge in [-0.3, -0.25) is 4.90 Å². The summed E-state index contributed by atoms with van der Waals surface area (Å²) in [6.07, 6.45) is -2.80. The van der Waals surface area contributed by atoms with Crippen molar-refractivity contribution in [3.8, 4) is 5.75 Å². The molecule has 29 heavy (non-hydrogen) atoms. The Kier molecular flexibility index (Phi) is 5.79. The summed E-state index contributed by atoms with van der Waals surface area (Å²) in [6.45, 7) is 5.28. The van der Waals surface area contributed by atoms with Gasteiger partial charge in [0.25, 0.3) is 0 Å². The van der Waals surface area contributed by atoms with Gasteiger partial charge < -0.3 is 19.3 Å². The lowest BCUT2D eigenvalue weighted by Gasteiger charge is -2.31. The van der Waals surface area contributed by atoms with Gasteiger partial charge in [0.2, 0.25) is 0 Å². The van der Waals surface area contributed by atoms with E-state index in [2.05, 4.69) is 0 Å². The smallest absolute Gasteiger partial charge is 0.413 e. The Morgan fingerprint density at radius 1 is 1.00 bits per heavy atom.